The van der Waals surface area contributed by atoms with Crippen LogP contribution in [0.4, 0.5) is 5.69 Å². The van der Waals surface area contributed by atoms with Crippen LogP contribution < -0.4 is 5.32 Å². The molecule has 0 spiro atoms. The van der Waals surface area contributed by atoms with Gasteiger partial charge in [-0.25, -0.2) is 0 Å². The maximum Gasteiger partial charge on any atom is 0.248 e. The summed E-state index contributed by atoms with van der Waals surface area (Å²) in [7, 11) is 0. The van der Waals surface area contributed by atoms with Crippen molar-refractivity contribution in [2.24, 2.45) is 0 Å². The molecule has 0 bridgehead atoms. The molecule has 0 saturated heterocycles. The number of anilines is 1. The first-order valence-corrected chi connectivity index (χ1v) is 7.81. The number of carbonyl (C=O) groups excluding carboxylic acids is 1. The summed E-state index contributed by atoms with van der Waals surface area (Å²) in [5, 5.41) is 5.91. The molecule has 0 radical (unpaired) electrons. The molecule has 0 aromatic heterocycles. The summed E-state index contributed by atoms with van der Waals surface area (Å²) >= 11 is 11.9. The van der Waals surface area contributed by atoms with Gasteiger partial charge in [0.2, 0.25) is 5.91 Å². The lowest BCUT2D eigenvalue weighted by molar-refractivity contribution is -0.111. The Balaban J connectivity index is 1.80. The van der Waals surface area contributed by atoms with Crippen molar-refractivity contribution in [2.75, 3.05) is 5.32 Å². The van der Waals surface area contributed by atoms with Crippen LogP contribution in [-0.4, -0.2) is 5.91 Å². The minimum atomic E-state index is -0.248. The second-order valence-corrected chi connectivity index (χ2v) is 5.86. The predicted molar refractivity (Wildman–Crippen MR) is 98.1 cm³/mol. The van der Waals surface area contributed by atoms with Gasteiger partial charge in [0.15, 0.2) is 0 Å². The van der Waals surface area contributed by atoms with E-state index in [1.807, 2.05) is 42.5 Å². The molecular weight excluding hydrogens is 329 g/mol. The Labute approximate surface area is 144 Å². The molecule has 0 unspecified atom stereocenters. The van der Waals surface area contributed by atoms with E-state index >= 15 is 0 Å². The zero-order valence-electron chi connectivity index (χ0n) is 12.1. The van der Waals surface area contributed by atoms with Crippen molar-refractivity contribution in [3.05, 3.63) is 82.3 Å². The summed E-state index contributed by atoms with van der Waals surface area (Å²) in [4.78, 5) is 12.1. The lowest BCUT2D eigenvalue weighted by Crippen LogP contribution is -2.08. The minimum Gasteiger partial charge on any atom is -0.321 e. The molecule has 23 heavy (non-hydrogen) atoms. The molecule has 4 heteroatoms. The highest BCUT2D eigenvalue weighted by Gasteiger charge is 2.04. The average Bonchev–Trinajstić information content (AvgIpc) is 2.55. The summed E-state index contributed by atoms with van der Waals surface area (Å²) in [5.41, 5.74) is 1.52. The van der Waals surface area contributed by atoms with Crippen LogP contribution in [0.3, 0.4) is 0 Å². The van der Waals surface area contributed by atoms with E-state index in [9.17, 15) is 4.79 Å². The van der Waals surface area contributed by atoms with Gasteiger partial charge in [-0.15, -0.1) is 0 Å². The summed E-state index contributed by atoms with van der Waals surface area (Å²) in [6, 6.07) is 19.0. The van der Waals surface area contributed by atoms with Crippen molar-refractivity contribution in [1.29, 1.82) is 0 Å². The fraction of sp³-hybridized carbons (Fsp3) is 0. The Hall–Kier alpha value is -2.29. The van der Waals surface area contributed by atoms with Crippen molar-refractivity contribution in [1.82, 2.24) is 0 Å². The molecule has 114 valence electrons. The Morgan fingerprint density at radius 3 is 2.57 bits per heavy atom. The summed E-state index contributed by atoms with van der Waals surface area (Å²) < 4.78 is 0. The van der Waals surface area contributed by atoms with Crippen LogP contribution >= 0.6 is 23.2 Å². The number of fused-ring (bicyclic) bond motifs is 1. The number of carbonyl (C=O) groups is 1. The SMILES string of the molecule is O=C(/C=C/c1cccc2ccccc12)Nc1ccc(Cl)cc1Cl. The van der Waals surface area contributed by atoms with Crippen LogP contribution in [-0.2, 0) is 4.79 Å². The van der Waals surface area contributed by atoms with Gasteiger partial charge in [0, 0.05) is 11.1 Å². The first-order chi connectivity index (χ1) is 11.1. The minimum absolute atomic E-state index is 0.248. The predicted octanol–water partition coefficient (Wildman–Crippen LogP) is 5.80. The fourth-order valence-corrected chi connectivity index (χ4v) is 2.78. The molecule has 3 aromatic carbocycles. The third-order valence-electron chi connectivity index (χ3n) is 3.43. The van der Waals surface area contributed by atoms with E-state index in [-0.39, 0.29) is 5.91 Å². The smallest absolute Gasteiger partial charge is 0.248 e. The standard InChI is InChI=1S/C19H13Cl2NO/c20-15-9-10-18(17(21)12-15)22-19(23)11-8-14-6-3-5-13-4-1-2-7-16(13)14/h1-12H,(H,22,23)/b11-8+. The highest BCUT2D eigenvalue weighted by Crippen LogP contribution is 2.25. The van der Waals surface area contributed by atoms with Gasteiger partial charge in [0.25, 0.3) is 0 Å². The van der Waals surface area contributed by atoms with Gasteiger partial charge in [0.05, 0.1) is 10.7 Å². The number of amides is 1. The zero-order valence-corrected chi connectivity index (χ0v) is 13.6. The van der Waals surface area contributed by atoms with E-state index in [0.29, 0.717) is 15.7 Å². The van der Waals surface area contributed by atoms with Gasteiger partial charge in [-0.3, -0.25) is 4.79 Å². The van der Waals surface area contributed by atoms with Crippen LogP contribution in [0, 0.1) is 0 Å². The van der Waals surface area contributed by atoms with E-state index < -0.39 is 0 Å². The summed E-state index contributed by atoms with van der Waals surface area (Å²) in [5.74, 6) is -0.248. The molecule has 1 amide bonds. The number of halogens is 2. The van der Waals surface area contributed by atoms with Crippen LogP contribution in [0.2, 0.25) is 10.0 Å². The topological polar surface area (TPSA) is 29.1 Å². The third kappa shape index (κ3) is 3.73. The average molecular weight is 342 g/mol. The molecule has 0 aliphatic rings. The van der Waals surface area contributed by atoms with Gasteiger partial charge >= 0.3 is 0 Å². The molecule has 0 atom stereocenters. The van der Waals surface area contributed by atoms with Gasteiger partial charge in [0.1, 0.15) is 0 Å². The van der Waals surface area contributed by atoms with Crippen LogP contribution in [0.25, 0.3) is 16.8 Å². The lowest BCUT2D eigenvalue weighted by atomic mass is 10.0. The molecular formula is C19H13Cl2NO. The molecule has 2 nitrogen and oxygen atoms in total. The zero-order chi connectivity index (χ0) is 16.2. The fourth-order valence-electron chi connectivity index (χ4n) is 2.33. The first kappa shape index (κ1) is 15.6. The molecule has 1 N–H and O–H groups in total. The number of hydrogen-bond donors (Lipinski definition) is 1. The largest absolute Gasteiger partial charge is 0.321 e. The van der Waals surface area contributed by atoms with Gasteiger partial charge in [-0.1, -0.05) is 65.7 Å². The van der Waals surface area contributed by atoms with Gasteiger partial charge in [-0.05, 0) is 40.6 Å². The molecule has 0 saturated carbocycles. The second-order valence-electron chi connectivity index (χ2n) is 5.02. The van der Waals surface area contributed by atoms with E-state index in [1.54, 1.807) is 24.3 Å². The van der Waals surface area contributed by atoms with E-state index in [1.165, 1.54) is 6.08 Å². The van der Waals surface area contributed by atoms with Gasteiger partial charge in [-0.2, -0.15) is 0 Å². The van der Waals surface area contributed by atoms with E-state index in [0.717, 1.165) is 16.3 Å². The summed E-state index contributed by atoms with van der Waals surface area (Å²) in [6.07, 6.45) is 3.29. The second kappa shape index (κ2) is 6.86. The first-order valence-electron chi connectivity index (χ1n) is 7.05. The number of rotatable bonds is 3. The van der Waals surface area contributed by atoms with Crippen LogP contribution in [0.1, 0.15) is 5.56 Å². The highest BCUT2D eigenvalue weighted by atomic mass is 35.5. The molecule has 0 aliphatic carbocycles. The van der Waals surface area contributed by atoms with E-state index in [4.69, 9.17) is 23.2 Å². The summed E-state index contributed by atoms with van der Waals surface area (Å²) in [6.45, 7) is 0. The molecule has 0 aliphatic heterocycles. The Kier molecular flexibility index (Phi) is 4.65. The molecule has 0 fully saturated rings. The maximum atomic E-state index is 12.1. The molecule has 3 rings (SSSR count). The Morgan fingerprint density at radius 1 is 0.957 bits per heavy atom. The molecule has 0 heterocycles. The lowest BCUT2D eigenvalue weighted by Gasteiger charge is -2.05. The highest BCUT2D eigenvalue weighted by molar-refractivity contribution is 6.36. The van der Waals surface area contributed by atoms with Crippen LogP contribution in [0.5, 0.6) is 0 Å². The maximum absolute atomic E-state index is 12.1. The van der Waals surface area contributed by atoms with Crippen LogP contribution in [0.15, 0.2) is 66.7 Å². The third-order valence-corrected chi connectivity index (χ3v) is 3.97. The van der Waals surface area contributed by atoms with Crippen molar-refractivity contribution < 1.29 is 4.79 Å². The normalized spacial score (nSPS) is 11.0. The van der Waals surface area contributed by atoms with Crippen molar-refractivity contribution in [3.63, 3.8) is 0 Å². The number of benzene rings is 3. The van der Waals surface area contributed by atoms with Crippen molar-refractivity contribution in [2.45, 2.75) is 0 Å². The Bertz CT molecular complexity index is 898. The quantitative estimate of drug-likeness (QED) is 0.599. The van der Waals surface area contributed by atoms with Gasteiger partial charge < -0.3 is 5.32 Å². The van der Waals surface area contributed by atoms with Crippen molar-refractivity contribution >= 4 is 51.6 Å². The monoisotopic (exact) mass is 341 g/mol. The number of nitrogens with one attached hydrogen (secondary N) is 1. The Morgan fingerprint density at radius 2 is 1.74 bits per heavy atom. The van der Waals surface area contributed by atoms with Crippen molar-refractivity contribution in [3.8, 4) is 0 Å². The van der Waals surface area contributed by atoms with E-state index in [2.05, 4.69) is 5.32 Å². The molecule has 3 aromatic rings. The number of hydrogen-bond acceptors (Lipinski definition) is 1.